The highest BCUT2D eigenvalue weighted by Gasteiger charge is 2.54. The van der Waals surface area contributed by atoms with Gasteiger partial charge in [0.1, 0.15) is 0 Å². The molecule has 26 heavy (non-hydrogen) atoms. The summed E-state index contributed by atoms with van der Waals surface area (Å²) in [5, 5.41) is 10.8. The van der Waals surface area contributed by atoms with Gasteiger partial charge < -0.3 is 5.11 Å². The van der Waals surface area contributed by atoms with Gasteiger partial charge in [0.15, 0.2) is 0 Å². The molecule has 0 aliphatic carbocycles. The second-order valence-corrected chi connectivity index (χ2v) is 7.23. The van der Waals surface area contributed by atoms with Gasteiger partial charge in [-0.1, -0.05) is 67.6 Å². The number of carbonyl (C=O) groups is 2. The van der Waals surface area contributed by atoms with Gasteiger partial charge in [0.2, 0.25) is 11.8 Å². The van der Waals surface area contributed by atoms with Gasteiger partial charge in [-0.05, 0) is 30.9 Å². The van der Waals surface area contributed by atoms with Crippen molar-refractivity contribution in [2.45, 2.75) is 38.8 Å². The smallest absolute Gasteiger partial charge is 0.236 e. The zero-order valence-corrected chi connectivity index (χ0v) is 15.3. The molecule has 3 rings (SSSR count). The lowest BCUT2D eigenvalue weighted by Gasteiger charge is -2.30. The first-order chi connectivity index (χ1) is 12.4. The standard InChI is InChI=1S/C22H25NO3/c1-3-22(2,26)19-18(14-16-10-6-4-7-11-16)20(24)23(21(19)25)15-17-12-8-5-9-13-17/h4-13,18-19,26H,3,14-15H2,1-2H3/t18-,19-,22?/m0/s1. The Kier molecular flexibility index (Phi) is 5.23. The predicted octanol–water partition coefficient (Wildman–Crippen LogP) is 3.19. The molecule has 1 unspecified atom stereocenters. The van der Waals surface area contributed by atoms with Crippen molar-refractivity contribution in [3.05, 3.63) is 71.8 Å². The average molecular weight is 351 g/mol. The highest BCUT2D eigenvalue weighted by Crippen LogP contribution is 2.39. The number of amides is 2. The first-order valence-electron chi connectivity index (χ1n) is 9.09. The van der Waals surface area contributed by atoms with E-state index in [1.807, 2.05) is 67.6 Å². The van der Waals surface area contributed by atoms with Gasteiger partial charge in [0.05, 0.1) is 24.0 Å². The Morgan fingerprint density at radius 3 is 2.00 bits per heavy atom. The summed E-state index contributed by atoms with van der Waals surface area (Å²) in [5.74, 6) is -1.72. The second kappa shape index (κ2) is 7.42. The van der Waals surface area contributed by atoms with Crippen LogP contribution in [0.25, 0.3) is 0 Å². The fraction of sp³-hybridized carbons (Fsp3) is 0.364. The molecule has 0 radical (unpaired) electrons. The third-order valence-electron chi connectivity index (χ3n) is 5.39. The number of aliphatic hydroxyl groups is 1. The molecular formula is C22H25NO3. The van der Waals surface area contributed by atoms with Crippen LogP contribution in [0.2, 0.25) is 0 Å². The largest absolute Gasteiger partial charge is 0.389 e. The molecule has 3 atom stereocenters. The summed E-state index contributed by atoms with van der Waals surface area (Å²) in [6.45, 7) is 3.75. The van der Waals surface area contributed by atoms with Crippen LogP contribution in [0.5, 0.6) is 0 Å². The van der Waals surface area contributed by atoms with Crippen LogP contribution in [-0.4, -0.2) is 27.4 Å². The maximum absolute atomic E-state index is 13.1. The fourth-order valence-electron chi connectivity index (χ4n) is 3.71. The van der Waals surface area contributed by atoms with Crippen molar-refractivity contribution in [2.75, 3.05) is 0 Å². The summed E-state index contributed by atoms with van der Waals surface area (Å²) < 4.78 is 0. The molecule has 0 aromatic heterocycles. The molecule has 1 fully saturated rings. The number of carbonyl (C=O) groups excluding carboxylic acids is 2. The third-order valence-corrected chi connectivity index (χ3v) is 5.39. The molecule has 0 spiro atoms. The van der Waals surface area contributed by atoms with Crippen LogP contribution in [0.3, 0.4) is 0 Å². The Hall–Kier alpha value is -2.46. The van der Waals surface area contributed by atoms with E-state index >= 15 is 0 Å². The molecular weight excluding hydrogens is 326 g/mol. The van der Waals surface area contributed by atoms with Crippen molar-refractivity contribution in [3.8, 4) is 0 Å². The molecule has 4 heteroatoms. The molecule has 1 heterocycles. The van der Waals surface area contributed by atoms with Crippen LogP contribution < -0.4 is 0 Å². The minimum absolute atomic E-state index is 0.193. The quantitative estimate of drug-likeness (QED) is 0.813. The maximum Gasteiger partial charge on any atom is 0.236 e. The van der Waals surface area contributed by atoms with Crippen LogP contribution in [0, 0.1) is 11.8 Å². The predicted molar refractivity (Wildman–Crippen MR) is 100 cm³/mol. The SMILES string of the molecule is CCC(C)(O)[C@@H]1C(=O)N(Cc2ccccc2)C(=O)[C@H]1Cc1ccccc1. The summed E-state index contributed by atoms with van der Waals surface area (Å²) in [4.78, 5) is 27.5. The fourth-order valence-corrected chi connectivity index (χ4v) is 3.71. The van der Waals surface area contributed by atoms with Crippen LogP contribution in [-0.2, 0) is 22.6 Å². The summed E-state index contributed by atoms with van der Waals surface area (Å²) in [7, 11) is 0. The number of imide groups is 1. The van der Waals surface area contributed by atoms with Gasteiger partial charge in [0, 0.05) is 0 Å². The highest BCUT2D eigenvalue weighted by molar-refractivity contribution is 6.05. The molecule has 0 bridgehead atoms. The van der Waals surface area contributed by atoms with E-state index < -0.39 is 17.4 Å². The molecule has 1 aliphatic rings. The first kappa shape index (κ1) is 18.3. The Morgan fingerprint density at radius 2 is 1.46 bits per heavy atom. The monoisotopic (exact) mass is 351 g/mol. The number of likely N-dealkylation sites (tertiary alicyclic amines) is 1. The topological polar surface area (TPSA) is 57.6 Å². The first-order valence-corrected chi connectivity index (χ1v) is 9.09. The van der Waals surface area contributed by atoms with E-state index in [2.05, 4.69) is 0 Å². The Balaban J connectivity index is 1.92. The Labute approximate surface area is 154 Å². The summed E-state index contributed by atoms with van der Waals surface area (Å²) in [6.07, 6.45) is 0.874. The van der Waals surface area contributed by atoms with Crippen molar-refractivity contribution in [1.82, 2.24) is 4.90 Å². The molecule has 2 amide bonds. The lowest BCUT2D eigenvalue weighted by molar-refractivity contribution is -0.142. The minimum atomic E-state index is -1.21. The van der Waals surface area contributed by atoms with Crippen LogP contribution in [0.4, 0.5) is 0 Å². The molecule has 2 aromatic rings. The number of nitrogens with zero attached hydrogens (tertiary/aromatic N) is 1. The normalized spacial score (nSPS) is 22.5. The van der Waals surface area contributed by atoms with Crippen LogP contribution in [0.1, 0.15) is 31.4 Å². The van der Waals surface area contributed by atoms with Gasteiger partial charge in [-0.2, -0.15) is 0 Å². The van der Waals surface area contributed by atoms with Gasteiger partial charge in [-0.25, -0.2) is 0 Å². The molecule has 2 aromatic carbocycles. The lowest BCUT2D eigenvalue weighted by Crippen LogP contribution is -2.42. The van der Waals surface area contributed by atoms with E-state index in [1.165, 1.54) is 4.90 Å². The average Bonchev–Trinajstić information content (AvgIpc) is 2.88. The molecule has 0 saturated carbocycles. The molecule has 1 aliphatic heterocycles. The van der Waals surface area contributed by atoms with Gasteiger partial charge >= 0.3 is 0 Å². The van der Waals surface area contributed by atoms with E-state index in [9.17, 15) is 14.7 Å². The van der Waals surface area contributed by atoms with E-state index in [0.717, 1.165) is 11.1 Å². The number of hydrogen-bond acceptors (Lipinski definition) is 3. The van der Waals surface area contributed by atoms with E-state index in [1.54, 1.807) is 6.92 Å². The van der Waals surface area contributed by atoms with E-state index in [4.69, 9.17) is 0 Å². The lowest BCUT2D eigenvalue weighted by atomic mass is 9.77. The molecule has 1 saturated heterocycles. The Bertz CT molecular complexity index is 770. The molecule has 136 valence electrons. The zero-order chi connectivity index (χ0) is 18.7. The van der Waals surface area contributed by atoms with Crippen LogP contribution >= 0.6 is 0 Å². The summed E-state index contributed by atoms with van der Waals surface area (Å²) >= 11 is 0. The number of rotatable bonds is 6. The van der Waals surface area contributed by atoms with Gasteiger partial charge in [-0.3, -0.25) is 14.5 Å². The maximum atomic E-state index is 13.1. The van der Waals surface area contributed by atoms with Crippen molar-refractivity contribution in [1.29, 1.82) is 0 Å². The Morgan fingerprint density at radius 1 is 0.923 bits per heavy atom. The second-order valence-electron chi connectivity index (χ2n) is 7.23. The minimum Gasteiger partial charge on any atom is -0.389 e. The van der Waals surface area contributed by atoms with E-state index in [0.29, 0.717) is 12.8 Å². The molecule has 1 N–H and O–H groups in total. The van der Waals surface area contributed by atoms with Crippen molar-refractivity contribution in [2.24, 2.45) is 11.8 Å². The van der Waals surface area contributed by atoms with Crippen LogP contribution in [0.15, 0.2) is 60.7 Å². The van der Waals surface area contributed by atoms with Crippen molar-refractivity contribution in [3.63, 3.8) is 0 Å². The van der Waals surface area contributed by atoms with Gasteiger partial charge in [-0.15, -0.1) is 0 Å². The van der Waals surface area contributed by atoms with Crippen molar-refractivity contribution < 1.29 is 14.7 Å². The van der Waals surface area contributed by atoms with Gasteiger partial charge in [0.25, 0.3) is 0 Å². The number of benzene rings is 2. The molecule has 4 nitrogen and oxygen atoms in total. The third kappa shape index (κ3) is 3.56. The van der Waals surface area contributed by atoms with Crippen molar-refractivity contribution >= 4 is 11.8 Å². The summed E-state index contributed by atoms with van der Waals surface area (Å²) in [6, 6.07) is 19.2. The highest BCUT2D eigenvalue weighted by atomic mass is 16.3. The zero-order valence-electron chi connectivity index (χ0n) is 15.3. The number of hydrogen-bond donors (Lipinski definition) is 1. The summed E-state index contributed by atoms with van der Waals surface area (Å²) in [5.41, 5.74) is 0.694. The van der Waals surface area contributed by atoms with E-state index in [-0.39, 0.29) is 18.4 Å².